The van der Waals surface area contributed by atoms with Crippen molar-refractivity contribution in [1.82, 2.24) is 4.90 Å². The van der Waals surface area contributed by atoms with Crippen molar-refractivity contribution < 1.29 is 29.3 Å². The Bertz CT molecular complexity index is 1560. The Labute approximate surface area is 236 Å². The predicted molar refractivity (Wildman–Crippen MR) is 155 cm³/mol. The smallest absolute Gasteiger partial charge is 0.339 e. The third kappa shape index (κ3) is 5.43. The maximum atomic E-state index is 14.4. The molecular formula is C31H30N2O6S. The molecule has 40 heavy (non-hydrogen) atoms. The number of amides is 1. The molecule has 206 valence electrons. The summed E-state index contributed by atoms with van der Waals surface area (Å²) in [6, 6.07) is 23.0. The van der Waals surface area contributed by atoms with Gasteiger partial charge in [-0.05, 0) is 66.8 Å². The lowest BCUT2D eigenvalue weighted by atomic mass is 10.0. The standard InChI is InChI=1S/C31H30N2O6S/c1-32(2)16-17-33-24-14-10-19-6-4-5-7-23(19)29(24)40-28(20-8-12-22(38-3)13-9-20)27(30(33)36)39-31(37)21-11-15-25(34)26(35)18-21/h4-15,18,27-28,34-35H,16-17H2,1-3H3. The fourth-order valence-corrected chi connectivity index (χ4v) is 6.13. The van der Waals surface area contributed by atoms with Crippen LogP contribution in [0.5, 0.6) is 17.2 Å². The number of nitrogens with zero attached hydrogens (tertiary/aromatic N) is 2. The molecule has 8 nitrogen and oxygen atoms in total. The molecule has 0 aromatic heterocycles. The molecule has 2 atom stereocenters. The Balaban J connectivity index is 1.65. The number of esters is 1. The maximum absolute atomic E-state index is 14.4. The second-order valence-electron chi connectivity index (χ2n) is 9.77. The van der Waals surface area contributed by atoms with Gasteiger partial charge in [0.25, 0.3) is 5.91 Å². The Morgan fingerprint density at radius 2 is 1.73 bits per heavy atom. The third-order valence-corrected chi connectivity index (χ3v) is 8.28. The van der Waals surface area contributed by atoms with Crippen LogP contribution in [-0.4, -0.2) is 67.4 Å². The van der Waals surface area contributed by atoms with E-state index in [2.05, 4.69) is 0 Å². The Morgan fingerprint density at radius 1 is 0.975 bits per heavy atom. The van der Waals surface area contributed by atoms with Gasteiger partial charge in [-0.1, -0.05) is 42.5 Å². The number of carbonyl (C=O) groups excluding carboxylic acids is 2. The van der Waals surface area contributed by atoms with Crippen LogP contribution in [0.2, 0.25) is 0 Å². The molecule has 1 aliphatic rings. The first-order valence-electron chi connectivity index (χ1n) is 12.8. The van der Waals surface area contributed by atoms with Gasteiger partial charge >= 0.3 is 5.97 Å². The van der Waals surface area contributed by atoms with Gasteiger partial charge in [0.15, 0.2) is 17.6 Å². The van der Waals surface area contributed by atoms with Crippen LogP contribution in [0.1, 0.15) is 21.2 Å². The molecule has 0 radical (unpaired) electrons. The van der Waals surface area contributed by atoms with E-state index in [0.717, 1.165) is 33.0 Å². The van der Waals surface area contributed by atoms with Gasteiger partial charge in [0.05, 0.1) is 23.6 Å². The molecule has 2 N–H and O–H groups in total. The highest BCUT2D eigenvalue weighted by Crippen LogP contribution is 2.49. The van der Waals surface area contributed by atoms with Crippen molar-refractivity contribution >= 4 is 40.1 Å². The molecular weight excluding hydrogens is 528 g/mol. The van der Waals surface area contributed by atoms with Crippen LogP contribution in [0.4, 0.5) is 5.69 Å². The highest BCUT2D eigenvalue weighted by Gasteiger charge is 2.42. The number of anilines is 1. The molecule has 1 aliphatic heterocycles. The molecule has 2 unspecified atom stereocenters. The number of phenolic OH excluding ortho intramolecular Hbond substituents is 2. The lowest BCUT2D eigenvalue weighted by Crippen LogP contribution is -2.45. The average Bonchev–Trinajstić information content (AvgIpc) is 3.07. The van der Waals surface area contributed by atoms with Crippen molar-refractivity contribution in [3.05, 3.63) is 90.0 Å². The fourth-order valence-electron chi connectivity index (χ4n) is 4.67. The monoisotopic (exact) mass is 558 g/mol. The van der Waals surface area contributed by atoms with Crippen LogP contribution in [-0.2, 0) is 9.53 Å². The lowest BCUT2D eigenvalue weighted by Gasteiger charge is -2.28. The number of methoxy groups -OCH3 is 1. The SMILES string of the molecule is COc1ccc(C2Sc3c(ccc4ccccc34)N(CCN(C)C)C(=O)C2OC(=O)c2ccc(O)c(O)c2)cc1. The molecule has 1 amide bonds. The van der Waals surface area contributed by atoms with E-state index in [-0.39, 0.29) is 17.2 Å². The Kier molecular flexibility index (Phi) is 7.86. The fraction of sp³-hybridized carbons (Fsp3) is 0.226. The first-order valence-corrected chi connectivity index (χ1v) is 13.7. The summed E-state index contributed by atoms with van der Waals surface area (Å²) in [5.41, 5.74) is 1.57. The van der Waals surface area contributed by atoms with Gasteiger partial charge in [-0.3, -0.25) is 4.79 Å². The molecule has 0 fully saturated rings. The number of thioether (sulfide) groups is 1. The summed E-state index contributed by atoms with van der Waals surface area (Å²) in [4.78, 5) is 32.3. The molecule has 0 aliphatic carbocycles. The second-order valence-corrected chi connectivity index (χ2v) is 10.9. The van der Waals surface area contributed by atoms with Crippen LogP contribution in [0.15, 0.2) is 83.8 Å². The van der Waals surface area contributed by atoms with Crippen LogP contribution in [0.3, 0.4) is 0 Å². The number of hydrogen-bond acceptors (Lipinski definition) is 8. The number of likely N-dealkylation sites (N-methyl/N-ethyl adjacent to an activating group) is 1. The van der Waals surface area contributed by atoms with Crippen molar-refractivity contribution in [2.45, 2.75) is 16.2 Å². The minimum absolute atomic E-state index is 0.0219. The zero-order valence-electron chi connectivity index (χ0n) is 22.4. The van der Waals surface area contributed by atoms with Crippen molar-refractivity contribution in [1.29, 1.82) is 0 Å². The summed E-state index contributed by atoms with van der Waals surface area (Å²) >= 11 is 1.48. The van der Waals surface area contributed by atoms with Crippen molar-refractivity contribution in [2.75, 3.05) is 39.2 Å². The number of benzene rings is 4. The van der Waals surface area contributed by atoms with Crippen LogP contribution >= 0.6 is 11.8 Å². The topological polar surface area (TPSA) is 99.5 Å². The van der Waals surface area contributed by atoms with Gasteiger partial charge in [0.2, 0.25) is 0 Å². The zero-order chi connectivity index (χ0) is 28.4. The molecule has 5 rings (SSSR count). The third-order valence-electron chi connectivity index (χ3n) is 6.84. The zero-order valence-corrected chi connectivity index (χ0v) is 23.2. The number of ether oxygens (including phenoxy) is 2. The Hall–Kier alpha value is -4.21. The minimum atomic E-state index is -1.19. The summed E-state index contributed by atoms with van der Waals surface area (Å²) in [6.07, 6.45) is -1.19. The highest BCUT2D eigenvalue weighted by molar-refractivity contribution is 8.00. The maximum Gasteiger partial charge on any atom is 0.339 e. The second kappa shape index (κ2) is 11.5. The van der Waals surface area contributed by atoms with E-state index < -0.39 is 23.1 Å². The Morgan fingerprint density at radius 3 is 2.42 bits per heavy atom. The van der Waals surface area contributed by atoms with E-state index in [1.165, 1.54) is 23.9 Å². The first-order chi connectivity index (χ1) is 19.3. The molecule has 9 heteroatoms. The quantitative estimate of drug-likeness (QED) is 0.235. The van der Waals surface area contributed by atoms with Crippen LogP contribution < -0.4 is 9.64 Å². The van der Waals surface area contributed by atoms with E-state index >= 15 is 0 Å². The van der Waals surface area contributed by atoms with E-state index in [1.807, 2.05) is 79.7 Å². The van der Waals surface area contributed by atoms with Gasteiger partial charge in [-0.15, -0.1) is 11.8 Å². The summed E-state index contributed by atoms with van der Waals surface area (Å²) in [7, 11) is 5.46. The number of fused-ring (bicyclic) bond motifs is 3. The van der Waals surface area contributed by atoms with E-state index in [9.17, 15) is 19.8 Å². The lowest BCUT2D eigenvalue weighted by molar-refractivity contribution is -0.127. The number of aromatic hydroxyl groups is 2. The molecule has 0 saturated carbocycles. The summed E-state index contributed by atoms with van der Waals surface area (Å²) in [5.74, 6) is -1.27. The van der Waals surface area contributed by atoms with Gasteiger partial charge in [-0.25, -0.2) is 4.79 Å². The molecule has 4 aromatic rings. The number of phenols is 2. The van der Waals surface area contributed by atoms with E-state index in [4.69, 9.17) is 9.47 Å². The van der Waals surface area contributed by atoms with Gasteiger partial charge in [0.1, 0.15) is 5.75 Å². The molecule has 0 bridgehead atoms. The number of hydrogen-bond donors (Lipinski definition) is 2. The molecule has 0 spiro atoms. The molecule has 1 heterocycles. The van der Waals surface area contributed by atoms with Gasteiger partial charge < -0.3 is 29.5 Å². The summed E-state index contributed by atoms with van der Waals surface area (Å²) in [6.45, 7) is 0.990. The molecule has 4 aromatic carbocycles. The van der Waals surface area contributed by atoms with E-state index in [0.29, 0.717) is 18.8 Å². The van der Waals surface area contributed by atoms with Gasteiger partial charge in [-0.2, -0.15) is 0 Å². The van der Waals surface area contributed by atoms with Crippen molar-refractivity contribution in [2.24, 2.45) is 0 Å². The predicted octanol–water partition coefficient (Wildman–Crippen LogP) is 5.23. The van der Waals surface area contributed by atoms with Crippen molar-refractivity contribution in [3.8, 4) is 17.2 Å². The number of carbonyl (C=O) groups is 2. The summed E-state index contributed by atoms with van der Waals surface area (Å²) in [5, 5.41) is 21.1. The van der Waals surface area contributed by atoms with Crippen LogP contribution in [0.25, 0.3) is 10.8 Å². The minimum Gasteiger partial charge on any atom is -0.504 e. The van der Waals surface area contributed by atoms with Crippen LogP contribution in [0, 0.1) is 0 Å². The largest absolute Gasteiger partial charge is 0.504 e. The highest BCUT2D eigenvalue weighted by atomic mass is 32.2. The normalized spacial score (nSPS) is 17.0. The first kappa shape index (κ1) is 27.4. The van der Waals surface area contributed by atoms with E-state index in [1.54, 1.807) is 12.0 Å². The van der Waals surface area contributed by atoms with Crippen molar-refractivity contribution in [3.63, 3.8) is 0 Å². The summed E-state index contributed by atoms with van der Waals surface area (Å²) < 4.78 is 11.3. The molecule has 0 saturated heterocycles. The number of rotatable bonds is 7. The van der Waals surface area contributed by atoms with Gasteiger partial charge in [0, 0.05) is 18.0 Å². The average molecular weight is 559 g/mol.